The quantitative estimate of drug-likeness (QED) is 0.842. The Labute approximate surface area is 116 Å². The molecule has 0 saturated carbocycles. The van der Waals surface area contributed by atoms with Gasteiger partial charge in [0.25, 0.3) is 0 Å². The second kappa shape index (κ2) is 6.31. The van der Waals surface area contributed by atoms with Gasteiger partial charge in [-0.05, 0) is 17.7 Å². The molecule has 0 saturated heterocycles. The third kappa shape index (κ3) is 3.30. The number of halogens is 1. The summed E-state index contributed by atoms with van der Waals surface area (Å²) in [4.78, 5) is 16.1. The number of rotatable bonds is 4. The molecule has 0 aliphatic rings. The van der Waals surface area contributed by atoms with Crippen molar-refractivity contribution < 1.29 is 4.79 Å². The lowest BCUT2D eigenvalue weighted by molar-refractivity contribution is -0.117. The molecule has 0 fully saturated rings. The van der Waals surface area contributed by atoms with Crippen LogP contribution in [-0.4, -0.2) is 17.4 Å². The summed E-state index contributed by atoms with van der Waals surface area (Å²) in [5.74, 6) is -0.596. The van der Waals surface area contributed by atoms with E-state index in [1.807, 2.05) is 30.3 Å². The fourth-order valence-electron chi connectivity index (χ4n) is 1.78. The number of aromatic nitrogens is 1. The van der Waals surface area contributed by atoms with Gasteiger partial charge in [0.15, 0.2) is 5.15 Å². The highest BCUT2D eigenvalue weighted by atomic mass is 35.5. The summed E-state index contributed by atoms with van der Waals surface area (Å²) >= 11 is 5.91. The van der Waals surface area contributed by atoms with E-state index in [2.05, 4.69) is 10.3 Å². The van der Waals surface area contributed by atoms with Crippen molar-refractivity contribution >= 4 is 23.2 Å². The number of anilines is 1. The second-order valence-electron chi connectivity index (χ2n) is 4.03. The molecule has 0 aliphatic heterocycles. The van der Waals surface area contributed by atoms with Gasteiger partial charge < -0.3 is 11.1 Å². The second-order valence-corrected chi connectivity index (χ2v) is 4.39. The molecule has 98 valence electrons. The first-order valence-electron chi connectivity index (χ1n) is 5.88. The summed E-state index contributed by atoms with van der Waals surface area (Å²) in [6.07, 6.45) is 1.57. The Morgan fingerprint density at radius 3 is 2.63 bits per heavy atom. The monoisotopic (exact) mass is 275 g/mol. The highest BCUT2D eigenvalue weighted by Gasteiger charge is 2.19. The lowest BCUT2D eigenvalue weighted by Gasteiger charge is -2.15. The van der Waals surface area contributed by atoms with Crippen LogP contribution >= 0.6 is 11.6 Å². The van der Waals surface area contributed by atoms with Gasteiger partial charge in [0.1, 0.15) is 0 Å². The van der Waals surface area contributed by atoms with Gasteiger partial charge in [-0.15, -0.1) is 0 Å². The van der Waals surface area contributed by atoms with Crippen molar-refractivity contribution in [3.63, 3.8) is 0 Å². The number of hydrogen-bond donors (Lipinski definition) is 2. The first-order chi connectivity index (χ1) is 9.22. The summed E-state index contributed by atoms with van der Waals surface area (Å²) in [7, 11) is 0. The molecule has 1 atom stereocenters. The molecule has 19 heavy (non-hydrogen) atoms. The van der Waals surface area contributed by atoms with Crippen LogP contribution in [0.2, 0.25) is 5.15 Å². The summed E-state index contributed by atoms with van der Waals surface area (Å²) in [5.41, 5.74) is 7.05. The van der Waals surface area contributed by atoms with Crippen LogP contribution < -0.4 is 11.1 Å². The number of nitrogens with two attached hydrogens (primary N) is 1. The van der Waals surface area contributed by atoms with Gasteiger partial charge in [0, 0.05) is 12.7 Å². The zero-order valence-corrected chi connectivity index (χ0v) is 11.0. The molecular weight excluding hydrogens is 262 g/mol. The Kier molecular flexibility index (Phi) is 4.49. The van der Waals surface area contributed by atoms with E-state index in [1.165, 1.54) is 0 Å². The van der Waals surface area contributed by atoms with Crippen molar-refractivity contribution in [3.05, 3.63) is 59.4 Å². The summed E-state index contributed by atoms with van der Waals surface area (Å²) < 4.78 is 0. The molecule has 1 heterocycles. The maximum absolute atomic E-state index is 12.2. The number of hydrogen-bond acceptors (Lipinski definition) is 3. The third-order valence-electron chi connectivity index (χ3n) is 2.77. The van der Waals surface area contributed by atoms with Gasteiger partial charge in [-0.25, -0.2) is 4.98 Å². The lowest BCUT2D eigenvalue weighted by Crippen LogP contribution is -2.27. The minimum absolute atomic E-state index is 0.191. The van der Waals surface area contributed by atoms with Crippen LogP contribution in [0.4, 0.5) is 5.69 Å². The molecule has 2 rings (SSSR count). The molecule has 0 bridgehead atoms. The van der Waals surface area contributed by atoms with Crippen molar-refractivity contribution in [1.29, 1.82) is 0 Å². The maximum Gasteiger partial charge on any atom is 0.233 e. The van der Waals surface area contributed by atoms with E-state index in [-0.39, 0.29) is 17.6 Å². The largest absolute Gasteiger partial charge is 0.329 e. The molecule has 0 radical (unpaired) electrons. The molecule has 1 amide bonds. The van der Waals surface area contributed by atoms with Crippen LogP contribution in [0.25, 0.3) is 0 Å². The van der Waals surface area contributed by atoms with Gasteiger partial charge in [0.05, 0.1) is 11.6 Å². The topological polar surface area (TPSA) is 68.0 Å². The highest BCUT2D eigenvalue weighted by molar-refractivity contribution is 6.32. The predicted octanol–water partition coefficient (Wildman–Crippen LogP) is 2.42. The zero-order chi connectivity index (χ0) is 13.7. The standard InChI is InChI=1S/C14H14ClN3O/c15-13-12(7-4-8-17-13)18-14(19)11(9-16)10-5-2-1-3-6-10/h1-8,11H,9,16H2,(H,18,19). The lowest BCUT2D eigenvalue weighted by atomic mass is 9.98. The molecule has 2 aromatic rings. The molecule has 1 unspecified atom stereocenters. The maximum atomic E-state index is 12.2. The smallest absolute Gasteiger partial charge is 0.233 e. The van der Waals surface area contributed by atoms with Crippen LogP contribution in [0.15, 0.2) is 48.7 Å². The third-order valence-corrected chi connectivity index (χ3v) is 3.07. The van der Waals surface area contributed by atoms with E-state index < -0.39 is 5.92 Å². The Morgan fingerprint density at radius 1 is 1.26 bits per heavy atom. The minimum atomic E-state index is -0.405. The average molecular weight is 276 g/mol. The van der Waals surface area contributed by atoms with Crippen LogP contribution in [0.3, 0.4) is 0 Å². The summed E-state index contributed by atoms with van der Waals surface area (Å²) in [5, 5.41) is 3.01. The predicted molar refractivity (Wildman–Crippen MR) is 76.1 cm³/mol. The molecule has 5 heteroatoms. The van der Waals surface area contributed by atoms with Crippen molar-refractivity contribution in [3.8, 4) is 0 Å². The van der Waals surface area contributed by atoms with Crippen molar-refractivity contribution in [2.45, 2.75) is 5.92 Å². The van der Waals surface area contributed by atoms with Crippen molar-refractivity contribution in [1.82, 2.24) is 4.98 Å². The summed E-state index contributed by atoms with van der Waals surface area (Å²) in [6, 6.07) is 12.8. The van der Waals surface area contributed by atoms with Crippen LogP contribution in [0, 0.1) is 0 Å². The van der Waals surface area contributed by atoms with E-state index in [4.69, 9.17) is 17.3 Å². The van der Waals surface area contributed by atoms with Gasteiger partial charge in [-0.1, -0.05) is 41.9 Å². The number of benzene rings is 1. The van der Waals surface area contributed by atoms with E-state index in [0.29, 0.717) is 5.69 Å². The first-order valence-corrected chi connectivity index (χ1v) is 6.26. The van der Waals surface area contributed by atoms with Crippen molar-refractivity contribution in [2.24, 2.45) is 5.73 Å². The van der Waals surface area contributed by atoms with Gasteiger partial charge in [0.2, 0.25) is 5.91 Å². The minimum Gasteiger partial charge on any atom is -0.329 e. The average Bonchev–Trinajstić information content (AvgIpc) is 2.43. The number of nitrogens with one attached hydrogen (secondary N) is 1. The number of amides is 1. The van der Waals surface area contributed by atoms with E-state index in [1.54, 1.807) is 18.3 Å². The van der Waals surface area contributed by atoms with Crippen LogP contribution in [0.5, 0.6) is 0 Å². The van der Waals surface area contributed by atoms with E-state index >= 15 is 0 Å². The van der Waals surface area contributed by atoms with Crippen molar-refractivity contribution in [2.75, 3.05) is 11.9 Å². The zero-order valence-electron chi connectivity index (χ0n) is 10.2. The van der Waals surface area contributed by atoms with Gasteiger partial charge >= 0.3 is 0 Å². The molecular formula is C14H14ClN3O. The molecule has 1 aromatic heterocycles. The number of carbonyl (C=O) groups is 1. The number of pyridine rings is 1. The van der Waals surface area contributed by atoms with Crippen LogP contribution in [-0.2, 0) is 4.79 Å². The van der Waals surface area contributed by atoms with E-state index in [0.717, 1.165) is 5.56 Å². The number of nitrogens with zero attached hydrogens (tertiary/aromatic N) is 1. The highest BCUT2D eigenvalue weighted by Crippen LogP contribution is 2.21. The fraction of sp³-hybridized carbons (Fsp3) is 0.143. The molecule has 1 aromatic carbocycles. The first kappa shape index (κ1) is 13.5. The summed E-state index contributed by atoms with van der Waals surface area (Å²) in [6.45, 7) is 0.230. The van der Waals surface area contributed by atoms with Crippen LogP contribution in [0.1, 0.15) is 11.5 Å². The normalized spacial score (nSPS) is 11.9. The Bertz CT molecular complexity index is 560. The molecule has 4 nitrogen and oxygen atoms in total. The molecule has 0 spiro atoms. The Hall–Kier alpha value is -1.91. The fourth-order valence-corrected chi connectivity index (χ4v) is 1.95. The number of carbonyl (C=O) groups excluding carboxylic acids is 1. The van der Waals surface area contributed by atoms with E-state index in [9.17, 15) is 4.79 Å². The Morgan fingerprint density at radius 2 is 2.00 bits per heavy atom. The molecule has 0 aliphatic carbocycles. The SMILES string of the molecule is NCC(C(=O)Nc1cccnc1Cl)c1ccccc1. The van der Waals surface area contributed by atoms with Gasteiger partial charge in [-0.2, -0.15) is 0 Å². The Balaban J connectivity index is 2.17. The molecule has 3 N–H and O–H groups in total. The van der Waals surface area contributed by atoms with Gasteiger partial charge in [-0.3, -0.25) is 4.79 Å².